The lowest BCUT2D eigenvalue weighted by Gasteiger charge is -2.10. The van der Waals surface area contributed by atoms with E-state index < -0.39 is 0 Å². The first-order valence-electron chi connectivity index (χ1n) is 7.53. The van der Waals surface area contributed by atoms with E-state index in [0.29, 0.717) is 17.5 Å². The molecule has 6 nitrogen and oxygen atoms in total. The van der Waals surface area contributed by atoms with Crippen molar-refractivity contribution < 1.29 is 4.74 Å². The summed E-state index contributed by atoms with van der Waals surface area (Å²) >= 11 is 3.21. The number of benzene rings is 1. The second-order valence-electron chi connectivity index (χ2n) is 5.42. The number of H-pyrrole nitrogens is 1. The van der Waals surface area contributed by atoms with Crippen LogP contribution < -0.4 is 5.69 Å². The lowest BCUT2D eigenvalue weighted by Crippen LogP contribution is -2.24. The summed E-state index contributed by atoms with van der Waals surface area (Å²) in [7, 11) is 0. The SMILES string of the molecule is O=c1[nH]nc(SCc2nc3ccccc3s2)n1C[C@H]1CCCO1. The Bertz CT molecular complexity index is 831. The average Bonchev–Trinajstić information content (AvgIpc) is 3.27. The van der Waals surface area contributed by atoms with E-state index >= 15 is 0 Å². The Hall–Kier alpha value is -1.64. The molecule has 1 N–H and O–H groups in total. The zero-order valence-electron chi connectivity index (χ0n) is 12.4. The summed E-state index contributed by atoms with van der Waals surface area (Å²) in [6.07, 6.45) is 2.18. The summed E-state index contributed by atoms with van der Waals surface area (Å²) in [5.41, 5.74) is 0.846. The number of thiazole rings is 1. The van der Waals surface area contributed by atoms with Crippen molar-refractivity contribution >= 4 is 33.3 Å². The van der Waals surface area contributed by atoms with Crippen LogP contribution in [0.4, 0.5) is 0 Å². The predicted octanol–water partition coefficient (Wildman–Crippen LogP) is 2.65. The van der Waals surface area contributed by atoms with Gasteiger partial charge in [0.05, 0.1) is 28.6 Å². The van der Waals surface area contributed by atoms with E-state index in [2.05, 4.69) is 21.2 Å². The van der Waals surface area contributed by atoms with Crippen molar-refractivity contribution in [3.05, 3.63) is 39.8 Å². The number of ether oxygens (including phenoxy) is 1. The second-order valence-corrected chi connectivity index (χ2v) is 7.48. The maximum atomic E-state index is 11.9. The topological polar surface area (TPSA) is 72.8 Å². The predicted molar refractivity (Wildman–Crippen MR) is 91.0 cm³/mol. The van der Waals surface area contributed by atoms with Crippen LogP contribution in [0.25, 0.3) is 10.2 Å². The fourth-order valence-electron chi connectivity index (χ4n) is 2.67. The molecule has 120 valence electrons. The van der Waals surface area contributed by atoms with Crippen LogP contribution >= 0.6 is 23.1 Å². The van der Waals surface area contributed by atoms with Crippen molar-refractivity contribution in [2.24, 2.45) is 0 Å². The lowest BCUT2D eigenvalue weighted by atomic mass is 10.2. The molecule has 1 fully saturated rings. The molecule has 1 aliphatic heterocycles. The average molecular weight is 348 g/mol. The third kappa shape index (κ3) is 3.19. The molecule has 1 aromatic carbocycles. The van der Waals surface area contributed by atoms with E-state index in [0.717, 1.165) is 30.0 Å². The van der Waals surface area contributed by atoms with Crippen LogP contribution in [0.5, 0.6) is 0 Å². The number of aromatic nitrogens is 4. The van der Waals surface area contributed by atoms with Gasteiger partial charge < -0.3 is 4.74 Å². The Morgan fingerprint density at radius 2 is 2.35 bits per heavy atom. The van der Waals surface area contributed by atoms with Gasteiger partial charge in [-0.2, -0.15) is 0 Å². The van der Waals surface area contributed by atoms with E-state index in [4.69, 9.17) is 4.74 Å². The molecule has 2 aromatic heterocycles. The quantitative estimate of drug-likeness (QED) is 0.718. The Morgan fingerprint density at radius 3 is 3.17 bits per heavy atom. The maximum absolute atomic E-state index is 11.9. The molecule has 8 heteroatoms. The van der Waals surface area contributed by atoms with Gasteiger partial charge >= 0.3 is 5.69 Å². The number of fused-ring (bicyclic) bond motifs is 1. The van der Waals surface area contributed by atoms with E-state index in [9.17, 15) is 4.79 Å². The first kappa shape index (κ1) is 14.9. The van der Waals surface area contributed by atoms with Crippen molar-refractivity contribution in [3.8, 4) is 0 Å². The monoisotopic (exact) mass is 348 g/mol. The van der Waals surface area contributed by atoms with Gasteiger partial charge in [0.1, 0.15) is 5.01 Å². The highest BCUT2D eigenvalue weighted by molar-refractivity contribution is 7.98. The van der Waals surface area contributed by atoms with Gasteiger partial charge in [-0.05, 0) is 25.0 Å². The van der Waals surface area contributed by atoms with E-state index in [1.807, 2.05) is 18.2 Å². The summed E-state index contributed by atoms with van der Waals surface area (Å²) in [5.74, 6) is 0.704. The van der Waals surface area contributed by atoms with Gasteiger partial charge in [0.15, 0.2) is 5.16 Å². The highest BCUT2D eigenvalue weighted by Gasteiger charge is 2.19. The number of para-hydroxylation sites is 1. The van der Waals surface area contributed by atoms with Crippen molar-refractivity contribution in [1.29, 1.82) is 0 Å². The van der Waals surface area contributed by atoms with Gasteiger partial charge in [0.25, 0.3) is 0 Å². The minimum Gasteiger partial charge on any atom is -0.376 e. The zero-order chi connectivity index (χ0) is 15.6. The second kappa shape index (κ2) is 6.46. The smallest absolute Gasteiger partial charge is 0.344 e. The van der Waals surface area contributed by atoms with Crippen molar-refractivity contribution in [1.82, 2.24) is 19.7 Å². The number of thioether (sulfide) groups is 1. The van der Waals surface area contributed by atoms with Crippen LogP contribution in [0.2, 0.25) is 0 Å². The van der Waals surface area contributed by atoms with Gasteiger partial charge in [-0.25, -0.2) is 14.9 Å². The molecule has 0 aliphatic carbocycles. The molecule has 3 aromatic rings. The molecule has 0 saturated carbocycles. The Morgan fingerprint density at radius 1 is 1.43 bits per heavy atom. The molecule has 1 aliphatic rings. The lowest BCUT2D eigenvalue weighted by molar-refractivity contribution is 0.0941. The normalized spacial score (nSPS) is 18.0. The highest BCUT2D eigenvalue weighted by atomic mass is 32.2. The maximum Gasteiger partial charge on any atom is 0.344 e. The molecule has 1 saturated heterocycles. The first-order valence-corrected chi connectivity index (χ1v) is 9.34. The third-order valence-electron chi connectivity index (χ3n) is 3.80. The van der Waals surface area contributed by atoms with Crippen LogP contribution in [0.3, 0.4) is 0 Å². The number of nitrogens with zero attached hydrogens (tertiary/aromatic N) is 3. The number of hydrogen-bond acceptors (Lipinski definition) is 6. The Labute approximate surface area is 140 Å². The third-order valence-corrected chi connectivity index (χ3v) is 6.00. The summed E-state index contributed by atoms with van der Waals surface area (Å²) in [4.78, 5) is 16.6. The summed E-state index contributed by atoms with van der Waals surface area (Å²) in [5, 5.41) is 8.41. The van der Waals surface area contributed by atoms with Gasteiger partial charge in [0.2, 0.25) is 0 Å². The van der Waals surface area contributed by atoms with E-state index in [1.165, 1.54) is 16.5 Å². The summed E-state index contributed by atoms with van der Waals surface area (Å²) in [6, 6.07) is 8.10. The van der Waals surface area contributed by atoms with Gasteiger partial charge in [-0.15, -0.1) is 16.4 Å². The molecule has 0 spiro atoms. The molecule has 1 atom stereocenters. The van der Waals surface area contributed by atoms with Crippen LogP contribution in [-0.4, -0.2) is 32.5 Å². The fourth-order valence-corrected chi connectivity index (χ4v) is 4.59. The van der Waals surface area contributed by atoms with Crippen molar-refractivity contribution in [2.75, 3.05) is 6.61 Å². The van der Waals surface area contributed by atoms with Crippen molar-refractivity contribution in [3.63, 3.8) is 0 Å². The molecular formula is C15H16N4O2S2. The van der Waals surface area contributed by atoms with Gasteiger partial charge in [-0.1, -0.05) is 23.9 Å². The molecule has 0 radical (unpaired) electrons. The Balaban J connectivity index is 1.49. The van der Waals surface area contributed by atoms with Crippen LogP contribution in [0.15, 0.2) is 34.2 Å². The molecule has 3 heterocycles. The molecule has 23 heavy (non-hydrogen) atoms. The number of aromatic amines is 1. The number of hydrogen-bond donors (Lipinski definition) is 1. The summed E-state index contributed by atoms with van der Waals surface area (Å²) < 4.78 is 8.47. The minimum atomic E-state index is -0.174. The highest BCUT2D eigenvalue weighted by Crippen LogP contribution is 2.27. The molecule has 4 rings (SSSR count). The van der Waals surface area contributed by atoms with E-state index in [1.54, 1.807) is 15.9 Å². The minimum absolute atomic E-state index is 0.118. The van der Waals surface area contributed by atoms with Gasteiger partial charge in [0, 0.05) is 6.61 Å². The molecule has 0 bridgehead atoms. The number of rotatable bonds is 5. The molecule has 0 unspecified atom stereocenters. The van der Waals surface area contributed by atoms with Crippen LogP contribution in [0.1, 0.15) is 17.8 Å². The first-order chi connectivity index (χ1) is 11.3. The van der Waals surface area contributed by atoms with E-state index in [-0.39, 0.29) is 11.8 Å². The Kier molecular flexibility index (Phi) is 4.19. The zero-order valence-corrected chi connectivity index (χ0v) is 14.0. The van der Waals surface area contributed by atoms with Gasteiger partial charge in [-0.3, -0.25) is 4.57 Å². The summed E-state index contributed by atoms with van der Waals surface area (Å²) in [6.45, 7) is 1.35. The van der Waals surface area contributed by atoms with Crippen molar-refractivity contribution in [2.45, 2.75) is 36.4 Å². The standard InChI is InChI=1S/C15H16N4O2S2/c20-14-17-18-15(19(14)8-10-4-3-7-21-10)22-9-13-16-11-5-1-2-6-12(11)23-13/h1-2,5-6,10H,3-4,7-9H2,(H,17,20)/t10-/m1/s1. The molecule has 0 amide bonds. The number of nitrogens with one attached hydrogen (secondary N) is 1. The van der Waals surface area contributed by atoms with Crippen LogP contribution in [-0.2, 0) is 17.0 Å². The largest absolute Gasteiger partial charge is 0.376 e. The van der Waals surface area contributed by atoms with Crippen LogP contribution in [0, 0.1) is 0 Å². The molecular weight excluding hydrogens is 332 g/mol. The fraction of sp³-hybridized carbons (Fsp3) is 0.400.